The number of rotatable bonds is 5. The Balaban J connectivity index is 1.53. The Morgan fingerprint density at radius 3 is 2.28 bits per heavy atom. The minimum Gasteiger partial charge on any atom is -0.445 e. The lowest BCUT2D eigenvalue weighted by Crippen LogP contribution is -2.55. The fraction of sp³-hybridized carbons (Fsp3) is 0.350. The van der Waals surface area contributed by atoms with E-state index in [1.165, 1.54) is 5.56 Å². The number of ether oxygens (including phenoxy) is 1. The molecule has 1 atom stereocenters. The Labute approximate surface area is 148 Å². The van der Waals surface area contributed by atoms with Gasteiger partial charge in [0.05, 0.1) is 12.6 Å². The number of aliphatic hydroxyl groups is 1. The van der Waals surface area contributed by atoms with Crippen LogP contribution >= 0.6 is 0 Å². The summed E-state index contributed by atoms with van der Waals surface area (Å²) in [5, 5.41) is 9.73. The summed E-state index contributed by atoms with van der Waals surface area (Å²) in [6, 6.07) is 19.8. The van der Waals surface area contributed by atoms with Gasteiger partial charge in [-0.25, -0.2) is 4.79 Å². The molecule has 1 unspecified atom stereocenters. The van der Waals surface area contributed by atoms with Crippen molar-refractivity contribution in [3.63, 3.8) is 0 Å². The summed E-state index contributed by atoms with van der Waals surface area (Å²) in [5.74, 6) is 0. The van der Waals surface area contributed by atoms with E-state index in [0.717, 1.165) is 18.7 Å². The van der Waals surface area contributed by atoms with E-state index in [1.807, 2.05) is 48.5 Å². The van der Waals surface area contributed by atoms with E-state index in [4.69, 9.17) is 4.74 Å². The molecule has 132 valence electrons. The van der Waals surface area contributed by atoms with Gasteiger partial charge in [-0.15, -0.1) is 0 Å². The van der Waals surface area contributed by atoms with Crippen molar-refractivity contribution < 1.29 is 14.6 Å². The van der Waals surface area contributed by atoms with E-state index in [-0.39, 0.29) is 25.3 Å². The van der Waals surface area contributed by atoms with E-state index >= 15 is 0 Å². The molecular formula is C20H24N2O3. The molecule has 0 spiro atoms. The van der Waals surface area contributed by atoms with Crippen molar-refractivity contribution in [1.82, 2.24) is 9.80 Å². The van der Waals surface area contributed by atoms with Gasteiger partial charge < -0.3 is 14.7 Å². The lowest BCUT2D eigenvalue weighted by atomic mass is 10.1. The first-order valence-corrected chi connectivity index (χ1v) is 8.60. The smallest absolute Gasteiger partial charge is 0.410 e. The number of nitrogens with zero attached hydrogens (tertiary/aromatic N) is 2. The molecule has 3 rings (SSSR count). The van der Waals surface area contributed by atoms with Crippen LogP contribution in [0.3, 0.4) is 0 Å². The van der Waals surface area contributed by atoms with Gasteiger partial charge >= 0.3 is 6.09 Å². The first kappa shape index (κ1) is 17.5. The van der Waals surface area contributed by atoms with Gasteiger partial charge in [0.25, 0.3) is 0 Å². The molecule has 1 saturated heterocycles. The fourth-order valence-corrected chi connectivity index (χ4v) is 3.07. The lowest BCUT2D eigenvalue weighted by molar-refractivity contribution is 0.0240. The van der Waals surface area contributed by atoms with Crippen molar-refractivity contribution in [2.75, 3.05) is 26.2 Å². The second-order valence-corrected chi connectivity index (χ2v) is 6.28. The third kappa shape index (κ3) is 4.81. The molecule has 1 N–H and O–H groups in total. The van der Waals surface area contributed by atoms with Gasteiger partial charge in [-0.2, -0.15) is 0 Å². The van der Waals surface area contributed by atoms with Crippen LogP contribution in [-0.2, 0) is 17.9 Å². The van der Waals surface area contributed by atoms with Crippen LogP contribution in [0.15, 0.2) is 60.7 Å². The Morgan fingerprint density at radius 1 is 1.00 bits per heavy atom. The molecule has 1 heterocycles. The largest absolute Gasteiger partial charge is 0.445 e. The lowest BCUT2D eigenvalue weighted by Gasteiger charge is -2.40. The van der Waals surface area contributed by atoms with Crippen LogP contribution in [0.1, 0.15) is 11.1 Å². The molecule has 5 nitrogen and oxygen atoms in total. The summed E-state index contributed by atoms with van der Waals surface area (Å²) in [5.41, 5.74) is 2.18. The van der Waals surface area contributed by atoms with Crippen LogP contribution in [-0.4, -0.2) is 53.3 Å². The molecule has 2 aromatic carbocycles. The number of benzene rings is 2. The highest BCUT2D eigenvalue weighted by Crippen LogP contribution is 2.15. The first-order valence-electron chi connectivity index (χ1n) is 8.60. The van der Waals surface area contributed by atoms with Crippen molar-refractivity contribution in [3.05, 3.63) is 71.8 Å². The maximum absolute atomic E-state index is 12.3. The molecule has 0 aliphatic carbocycles. The molecule has 0 radical (unpaired) electrons. The van der Waals surface area contributed by atoms with Crippen molar-refractivity contribution in [1.29, 1.82) is 0 Å². The minimum atomic E-state index is -0.318. The van der Waals surface area contributed by atoms with E-state index in [2.05, 4.69) is 17.0 Å². The minimum absolute atomic E-state index is 0.0231. The quantitative estimate of drug-likeness (QED) is 0.909. The van der Waals surface area contributed by atoms with Crippen LogP contribution in [0.5, 0.6) is 0 Å². The predicted octanol–water partition coefficient (Wildman–Crippen LogP) is 2.50. The number of carbonyl (C=O) groups is 1. The molecule has 0 saturated carbocycles. The maximum atomic E-state index is 12.3. The number of aliphatic hydroxyl groups excluding tert-OH is 1. The zero-order valence-corrected chi connectivity index (χ0v) is 14.3. The van der Waals surface area contributed by atoms with Gasteiger partial charge in [0.2, 0.25) is 0 Å². The van der Waals surface area contributed by atoms with Crippen molar-refractivity contribution >= 4 is 6.09 Å². The predicted molar refractivity (Wildman–Crippen MR) is 95.9 cm³/mol. The van der Waals surface area contributed by atoms with Gasteiger partial charge in [-0.3, -0.25) is 4.90 Å². The molecule has 0 aromatic heterocycles. The molecule has 25 heavy (non-hydrogen) atoms. The zero-order valence-electron chi connectivity index (χ0n) is 14.3. The van der Waals surface area contributed by atoms with E-state index < -0.39 is 0 Å². The molecule has 1 aliphatic heterocycles. The summed E-state index contributed by atoms with van der Waals surface area (Å²) in [6.45, 7) is 2.89. The van der Waals surface area contributed by atoms with Gasteiger partial charge in [0.15, 0.2) is 0 Å². The number of amides is 1. The number of hydrogen-bond acceptors (Lipinski definition) is 4. The van der Waals surface area contributed by atoms with E-state index in [9.17, 15) is 9.90 Å². The van der Waals surface area contributed by atoms with E-state index in [1.54, 1.807) is 4.90 Å². The van der Waals surface area contributed by atoms with Gasteiger partial charge in [-0.1, -0.05) is 60.7 Å². The standard InChI is InChI=1S/C20H24N2O3/c23-15-19-14-22(20(24)25-16-18-9-5-2-6-10-18)12-11-21(19)13-17-7-3-1-4-8-17/h1-10,19,23H,11-16H2. The van der Waals surface area contributed by atoms with Crippen molar-refractivity contribution in [2.45, 2.75) is 19.2 Å². The number of hydrogen-bond donors (Lipinski definition) is 1. The highest BCUT2D eigenvalue weighted by atomic mass is 16.6. The summed E-state index contributed by atoms with van der Waals surface area (Å²) in [7, 11) is 0. The average Bonchev–Trinajstić information content (AvgIpc) is 2.68. The maximum Gasteiger partial charge on any atom is 0.410 e. The summed E-state index contributed by atoms with van der Waals surface area (Å²) >= 11 is 0. The summed E-state index contributed by atoms with van der Waals surface area (Å²) < 4.78 is 5.40. The van der Waals surface area contributed by atoms with Crippen LogP contribution in [0.25, 0.3) is 0 Å². The van der Waals surface area contributed by atoms with Crippen LogP contribution in [0, 0.1) is 0 Å². The average molecular weight is 340 g/mol. The van der Waals surface area contributed by atoms with Crippen molar-refractivity contribution in [2.24, 2.45) is 0 Å². The van der Waals surface area contributed by atoms with Crippen molar-refractivity contribution in [3.8, 4) is 0 Å². The third-order valence-corrected chi connectivity index (χ3v) is 4.51. The first-order chi connectivity index (χ1) is 12.3. The molecule has 1 fully saturated rings. The van der Waals surface area contributed by atoms with Crippen LogP contribution in [0.2, 0.25) is 0 Å². The Hall–Kier alpha value is -2.37. The molecule has 5 heteroatoms. The molecule has 0 bridgehead atoms. The molecular weight excluding hydrogens is 316 g/mol. The fourth-order valence-electron chi connectivity index (χ4n) is 3.07. The molecule has 2 aromatic rings. The summed E-state index contributed by atoms with van der Waals surface area (Å²) in [4.78, 5) is 16.2. The zero-order chi connectivity index (χ0) is 17.5. The van der Waals surface area contributed by atoms with Gasteiger partial charge in [-0.05, 0) is 11.1 Å². The Morgan fingerprint density at radius 2 is 1.64 bits per heavy atom. The van der Waals surface area contributed by atoms with Crippen LogP contribution < -0.4 is 0 Å². The molecule has 1 amide bonds. The third-order valence-electron chi connectivity index (χ3n) is 4.51. The molecule has 1 aliphatic rings. The monoisotopic (exact) mass is 340 g/mol. The Kier molecular flexibility index (Phi) is 6.04. The highest BCUT2D eigenvalue weighted by Gasteiger charge is 2.29. The van der Waals surface area contributed by atoms with Crippen LogP contribution in [0.4, 0.5) is 4.79 Å². The normalized spacial score (nSPS) is 18.1. The van der Waals surface area contributed by atoms with Gasteiger partial charge in [0, 0.05) is 26.2 Å². The summed E-state index contributed by atoms with van der Waals surface area (Å²) in [6.07, 6.45) is -0.318. The number of piperazine rings is 1. The highest BCUT2D eigenvalue weighted by molar-refractivity contribution is 5.67. The second kappa shape index (κ2) is 8.65. The topological polar surface area (TPSA) is 53.0 Å². The second-order valence-electron chi connectivity index (χ2n) is 6.28. The van der Waals surface area contributed by atoms with Gasteiger partial charge in [0.1, 0.15) is 6.61 Å². The number of carbonyl (C=O) groups excluding carboxylic acids is 1. The Bertz CT molecular complexity index is 663. The van der Waals surface area contributed by atoms with E-state index in [0.29, 0.717) is 13.1 Å². The SMILES string of the molecule is O=C(OCc1ccccc1)N1CCN(Cc2ccccc2)C(CO)C1.